The van der Waals surface area contributed by atoms with Crippen LogP contribution < -0.4 is 4.72 Å². The van der Waals surface area contributed by atoms with E-state index in [0.717, 1.165) is 29.5 Å². The van der Waals surface area contributed by atoms with E-state index in [0.29, 0.717) is 28.2 Å². The Labute approximate surface area is 182 Å². The third-order valence-electron chi connectivity index (χ3n) is 4.71. The van der Waals surface area contributed by atoms with E-state index in [1.807, 2.05) is 30.3 Å². The standard InChI is InChI=1S/C23H18F3N3O2S/c1-32(30,31)29-19-5-3-2-4-18(19)16-9-12-20-21(14-16)28-22(27-20)13-8-15-6-10-17(11-7-15)23(24,25)26/h2-14,29H,1H3,(H,27,28)/b13-8+. The Morgan fingerprint density at radius 2 is 1.69 bits per heavy atom. The summed E-state index contributed by atoms with van der Waals surface area (Å²) in [6.07, 6.45) is 0.0790. The van der Waals surface area contributed by atoms with Crippen LogP contribution in [0.25, 0.3) is 34.3 Å². The fourth-order valence-electron chi connectivity index (χ4n) is 3.25. The van der Waals surface area contributed by atoms with Gasteiger partial charge in [0, 0.05) is 5.56 Å². The third kappa shape index (κ3) is 5.00. The number of anilines is 1. The van der Waals surface area contributed by atoms with Gasteiger partial charge in [-0.25, -0.2) is 13.4 Å². The highest BCUT2D eigenvalue weighted by Gasteiger charge is 2.29. The van der Waals surface area contributed by atoms with Gasteiger partial charge in [0.1, 0.15) is 5.82 Å². The molecular weight excluding hydrogens is 439 g/mol. The maximum Gasteiger partial charge on any atom is 0.416 e. The van der Waals surface area contributed by atoms with E-state index >= 15 is 0 Å². The van der Waals surface area contributed by atoms with Gasteiger partial charge in [0.25, 0.3) is 0 Å². The molecule has 1 aromatic heterocycles. The molecule has 0 aliphatic heterocycles. The fraction of sp³-hybridized carbons (Fsp3) is 0.0870. The first-order chi connectivity index (χ1) is 15.1. The summed E-state index contributed by atoms with van der Waals surface area (Å²) in [6, 6.07) is 17.4. The van der Waals surface area contributed by atoms with Gasteiger partial charge in [0.2, 0.25) is 10.0 Å². The lowest BCUT2D eigenvalue weighted by molar-refractivity contribution is -0.137. The predicted molar refractivity (Wildman–Crippen MR) is 120 cm³/mol. The van der Waals surface area contributed by atoms with Gasteiger partial charge < -0.3 is 4.98 Å². The quantitative estimate of drug-likeness (QED) is 0.398. The van der Waals surface area contributed by atoms with E-state index < -0.39 is 21.8 Å². The summed E-state index contributed by atoms with van der Waals surface area (Å²) in [5.41, 5.74) is 3.32. The summed E-state index contributed by atoms with van der Waals surface area (Å²) in [6.45, 7) is 0. The molecule has 0 saturated carbocycles. The highest BCUT2D eigenvalue weighted by molar-refractivity contribution is 7.92. The number of halogens is 3. The summed E-state index contributed by atoms with van der Waals surface area (Å²) in [7, 11) is -3.43. The molecule has 0 saturated heterocycles. The van der Waals surface area contributed by atoms with E-state index in [4.69, 9.17) is 0 Å². The number of fused-ring (bicyclic) bond motifs is 1. The van der Waals surface area contributed by atoms with Crippen LogP contribution in [0.3, 0.4) is 0 Å². The summed E-state index contributed by atoms with van der Waals surface area (Å²) in [5, 5.41) is 0. The zero-order valence-corrected chi connectivity index (χ0v) is 17.6. The number of rotatable bonds is 5. The first-order valence-electron chi connectivity index (χ1n) is 9.51. The number of aromatic amines is 1. The molecule has 1 heterocycles. The number of nitrogens with one attached hydrogen (secondary N) is 2. The van der Waals surface area contributed by atoms with Crippen LogP contribution in [0.5, 0.6) is 0 Å². The number of nitrogens with zero attached hydrogens (tertiary/aromatic N) is 1. The molecule has 4 aromatic rings. The van der Waals surface area contributed by atoms with Crippen molar-refractivity contribution in [2.45, 2.75) is 6.18 Å². The fourth-order valence-corrected chi connectivity index (χ4v) is 3.83. The minimum Gasteiger partial charge on any atom is -0.338 e. The molecule has 9 heteroatoms. The number of aromatic nitrogens is 2. The van der Waals surface area contributed by atoms with Crippen LogP contribution in [-0.2, 0) is 16.2 Å². The van der Waals surface area contributed by atoms with Crippen molar-refractivity contribution in [2.24, 2.45) is 0 Å². The molecule has 0 amide bonds. The molecule has 5 nitrogen and oxygen atoms in total. The van der Waals surface area contributed by atoms with Crippen LogP contribution in [0.2, 0.25) is 0 Å². The molecular formula is C23H18F3N3O2S. The molecule has 0 aliphatic rings. The van der Waals surface area contributed by atoms with E-state index in [9.17, 15) is 21.6 Å². The average molecular weight is 457 g/mol. The molecule has 0 radical (unpaired) electrons. The molecule has 164 valence electrons. The molecule has 32 heavy (non-hydrogen) atoms. The van der Waals surface area contributed by atoms with Crippen molar-refractivity contribution >= 4 is 38.9 Å². The summed E-state index contributed by atoms with van der Waals surface area (Å²) >= 11 is 0. The number of sulfonamides is 1. The minimum absolute atomic E-state index is 0.465. The maximum atomic E-state index is 12.7. The van der Waals surface area contributed by atoms with Gasteiger partial charge in [-0.3, -0.25) is 4.72 Å². The largest absolute Gasteiger partial charge is 0.416 e. The Balaban J connectivity index is 1.61. The van der Waals surface area contributed by atoms with Crippen molar-refractivity contribution in [3.63, 3.8) is 0 Å². The number of alkyl halides is 3. The average Bonchev–Trinajstić information content (AvgIpc) is 3.13. The van der Waals surface area contributed by atoms with Crippen molar-refractivity contribution < 1.29 is 21.6 Å². The van der Waals surface area contributed by atoms with E-state index in [1.165, 1.54) is 12.1 Å². The van der Waals surface area contributed by atoms with Crippen molar-refractivity contribution in [2.75, 3.05) is 11.0 Å². The number of hydrogen-bond donors (Lipinski definition) is 2. The Bertz CT molecular complexity index is 1410. The van der Waals surface area contributed by atoms with E-state index in [1.54, 1.807) is 24.3 Å². The van der Waals surface area contributed by atoms with E-state index in [-0.39, 0.29) is 0 Å². The minimum atomic E-state index is -4.37. The second-order valence-corrected chi connectivity index (χ2v) is 8.98. The lowest BCUT2D eigenvalue weighted by Crippen LogP contribution is -2.10. The van der Waals surface area contributed by atoms with Gasteiger partial charge in [-0.2, -0.15) is 13.2 Å². The molecule has 0 bridgehead atoms. The SMILES string of the molecule is CS(=O)(=O)Nc1ccccc1-c1ccc2[nH]c(/C=C/c3ccc(C(F)(F)F)cc3)nc2c1. The Kier molecular flexibility index (Phi) is 5.52. The third-order valence-corrected chi connectivity index (χ3v) is 5.30. The lowest BCUT2D eigenvalue weighted by Gasteiger charge is -2.10. The van der Waals surface area contributed by atoms with Gasteiger partial charge in [0.15, 0.2) is 0 Å². The van der Waals surface area contributed by atoms with Crippen LogP contribution in [-0.4, -0.2) is 24.6 Å². The first kappa shape index (κ1) is 21.6. The van der Waals surface area contributed by atoms with Gasteiger partial charge >= 0.3 is 6.18 Å². The van der Waals surface area contributed by atoms with Crippen molar-refractivity contribution in [1.29, 1.82) is 0 Å². The van der Waals surface area contributed by atoms with Crippen LogP contribution in [0.1, 0.15) is 17.0 Å². The number of H-pyrrole nitrogens is 1. The number of hydrogen-bond acceptors (Lipinski definition) is 3. The Hall–Kier alpha value is -3.59. The van der Waals surface area contributed by atoms with Crippen LogP contribution in [0.15, 0.2) is 66.7 Å². The molecule has 0 spiro atoms. The van der Waals surface area contributed by atoms with Crippen LogP contribution in [0.4, 0.5) is 18.9 Å². The zero-order valence-electron chi connectivity index (χ0n) is 16.8. The molecule has 0 fully saturated rings. The maximum absolute atomic E-state index is 12.7. The molecule has 4 rings (SSSR count). The normalized spacial score (nSPS) is 12.5. The second kappa shape index (κ2) is 8.16. The smallest absolute Gasteiger partial charge is 0.338 e. The number of para-hydroxylation sites is 1. The second-order valence-electron chi connectivity index (χ2n) is 7.23. The van der Waals surface area contributed by atoms with Gasteiger partial charge in [0.05, 0.1) is 28.5 Å². The summed E-state index contributed by atoms with van der Waals surface area (Å²) < 4.78 is 63.9. The number of benzene rings is 3. The predicted octanol–water partition coefficient (Wildman–Crippen LogP) is 5.79. The summed E-state index contributed by atoms with van der Waals surface area (Å²) in [4.78, 5) is 7.66. The van der Waals surface area contributed by atoms with Crippen molar-refractivity contribution in [1.82, 2.24) is 9.97 Å². The monoisotopic (exact) mass is 457 g/mol. The molecule has 3 aromatic carbocycles. The van der Waals surface area contributed by atoms with Crippen LogP contribution in [0, 0.1) is 0 Å². The molecule has 0 atom stereocenters. The molecule has 0 unspecified atom stereocenters. The van der Waals surface area contributed by atoms with E-state index in [2.05, 4.69) is 14.7 Å². The molecule has 0 aliphatic carbocycles. The highest BCUT2D eigenvalue weighted by atomic mass is 32.2. The van der Waals surface area contributed by atoms with Crippen LogP contribution >= 0.6 is 0 Å². The van der Waals surface area contributed by atoms with Crippen molar-refractivity contribution in [3.8, 4) is 11.1 Å². The molecule has 2 N–H and O–H groups in total. The summed E-state index contributed by atoms with van der Waals surface area (Å²) in [5.74, 6) is 0.541. The van der Waals surface area contributed by atoms with Gasteiger partial charge in [-0.05, 0) is 47.5 Å². The highest BCUT2D eigenvalue weighted by Crippen LogP contribution is 2.31. The number of imidazole rings is 1. The topological polar surface area (TPSA) is 74.8 Å². The zero-order chi connectivity index (χ0) is 22.9. The Morgan fingerprint density at radius 3 is 2.38 bits per heavy atom. The first-order valence-corrected chi connectivity index (χ1v) is 11.4. The van der Waals surface area contributed by atoms with Gasteiger partial charge in [-0.1, -0.05) is 42.5 Å². The Morgan fingerprint density at radius 1 is 0.969 bits per heavy atom. The van der Waals surface area contributed by atoms with Crippen molar-refractivity contribution in [3.05, 3.63) is 83.7 Å². The van der Waals surface area contributed by atoms with Gasteiger partial charge in [-0.15, -0.1) is 0 Å². The lowest BCUT2D eigenvalue weighted by atomic mass is 10.0.